The van der Waals surface area contributed by atoms with E-state index in [9.17, 15) is 28.8 Å². The first-order chi connectivity index (χ1) is 33.8. The van der Waals surface area contributed by atoms with Crippen molar-refractivity contribution in [3.05, 3.63) is 67.9 Å². The summed E-state index contributed by atoms with van der Waals surface area (Å²) >= 11 is 0. The van der Waals surface area contributed by atoms with Gasteiger partial charge in [-0.05, 0) is 96.3 Å². The molecule has 0 amide bonds. The molecule has 1 aromatic rings. The molecule has 0 spiro atoms. The van der Waals surface area contributed by atoms with Crippen LogP contribution in [0.25, 0.3) is 0 Å². The highest BCUT2D eigenvalue weighted by molar-refractivity contribution is 5.69. The maximum absolute atomic E-state index is 13.5. The third-order valence-electron chi connectivity index (χ3n) is 12.5. The Bertz CT molecular complexity index is 1480. The van der Waals surface area contributed by atoms with Crippen molar-refractivity contribution in [1.82, 2.24) is 13.7 Å². The van der Waals surface area contributed by atoms with Gasteiger partial charge in [0.15, 0.2) is 0 Å². The molecule has 0 radical (unpaired) electrons. The number of nitrogens with zero attached hydrogens (tertiary/aromatic N) is 3. The molecule has 0 saturated carbocycles. The predicted molar refractivity (Wildman–Crippen MR) is 283 cm³/mol. The third-order valence-corrected chi connectivity index (χ3v) is 12.5. The van der Waals surface area contributed by atoms with Crippen LogP contribution < -0.4 is 17.1 Å². The number of ether oxygens (including phenoxy) is 3. The number of carbonyl (C=O) groups is 3. The average Bonchev–Trinajstić information content (AvgIpc) is 3.34. The van der Waals surface area contributed by atoms with Crippen molar-refractivity contribution in [2.24, 2.45) is 0 Å². The lowest BCUT2D eigenvalue weighted by molar-refractivity contribution is -0.144. The lowest BCUT2D eigenvalue weighted by Gasteiger charge is -2.14. The Morgan fingerprint density at radius 1 is 0.319 bits per heavy atom. The van der Waals surface area contributed by atoms with Crippen LogP contribution in [0.1, 0.15) is 252 Å². The first-order valence-electron chi connectivity index (χ1n) is 28.1. The van der Waals surface area contributed by atoms with Gasteiger partial charge in [0.25, 0.3) is 0 Å². The number of esters is 3. The highest BCUT2D eigenvalue weighted by atomic mass is 16.5. The second-order valence-corrected chi connectivity index (χ2v) is 18.8. The van der Waals surface area contributed by atoms with Gasteiger partial charge in [-0.2, -0.15) is 0 Å². The molecule has 12 nitrogen and oxygen atoms in total. The minimum atomic E-state index is -0.890. The van der Waals surface area contributed by atoms with Crippen molar-refractivity contribution in [2.75, 3.05) is 19.8 Å². The van der Waals surface area contributed by atoms with Gasteiger partial charge in [0, 0.05) is 19.3 Å². The molecule has 0 aliphatic heterocycles. The summed E-state index contributed by atoms with van der Waals surface area (Å²) in [5.74, 6) is -1.25. The van der Waals surface area contributed by atoms with Gasteiger partial charge in [-0.25, -0.2) is 28.1 Å². The number of rotatable bonds is 48. The molecule has 12 heteroatoms. The highest BCUT2D eigenvalue weighted by Crippen LogP contribution is 2.12. The summed E-state index contributed by atoms with van der Waals surface area (Å²) in [6, 6.07) is 0. The molecular weight excluding hydrogens is 871 g/mol. The minimum Gasteiger partial charge on any atom is -0.464 e. The second kappa shape index (κ2) is 46.4. The molecule has 396 valence electrons. The SMILES string of the molecule is CCCCCCC/C=C/CCCCCCC(=O)OCCn1c(=O)n(CCOC(=O)CCCCCC/C=C/CCCCCCC)c(=O)n(CCOC(=O)CCCCCC/C=C/CCCCCCC)c1=O. The van der Waals surface area contributed by atoms with E-state index in [2.05, 4.69) is 57.2 Å². The van der Waals surface area contributed by atoms with Crippen molar-refractivity contribution in [1.29, 1.82) is 0 Å². The number of unbranched alkanes of at least 4 members (excludes halogenated alkanes) is 27. The Kier molecular flexibility index (Phi) is 42.4. The van der Waals surface area contributed by atoms with E-state index in [1.54, 1.807) is 0 Å². The standard InChI is InChI=1S/C57H99N3O9/c1-4-7-10-13-16-19-22-25-28-31-34-37-40-43-52(61)67-49-46-58-55(64)59(47-50-68-53(62)44-41-38-35-32-29-26-23-20-17-14-11-8-5-2)57(66)60(56(58)65)48-51-69-54(63)45-42-39-36-33-30-27-24-21-18-15-12-9-6-3/h22-27H,4-21,28-51H2,1-3H3/b25-22+,26-23+,27-24+. The second-order valence-electron chi connectivity index (χ2n) is 18.8. The zero-order chi connectivity index (χ0) is 50.3. The molecule has 0 saturated heterocycles. The van der Waals surface area contributed by atoms with Gasteiger partial charge in [-0.1, -0.05) is 173 Å². The summed E-state index contributed by atoms with van der Waals surface area (Å²) in [7, 11) is 0. The molecule has 0 unspecified atom stereocenters. The normalized spacial score (nSPS) is 11.7. The summed E-state index contributed by atoms with van der Waals surface area (Å²) in [4.78, 5) is 78.3. The van der Waals surface area contributed by atoms with Gasteiger partial charge < -0.3 is 14.2 Å². The number of allylic oxidation sites excluding steroid dienone is 6. The fourth-order valence-corrected chi connectivity index (χ4v) is 8.18. The largest absolute Gasteiger partial charge is 0.464 e. The van der Waals surface area contributed by atoms with E-state index < -0.39 is 35.0 Å². The van der Waals surface area contributed by atoms with Crippen molar-refractivity contribution in [3.63, 3.8) is 0 Å². The van der Waals surface area contributed by atoms with Crippen LogP contribution in [0.2, 0.25) is 0 Å². The van der Waals surface area contributed by atoms with Crippen LogP contribution >= 0.6 is 0 Å². The number of hydrogen-bond acceptors (Lipinski definition) is 9. The van der Waals surface area contributed by atoms with Crippen molar-refractivity contribution in [2.45, 2.75) is 272 Å². The van der Waals surface area contributed by atoms with E-state index in [1.165, 1.54) is 96.3 Å². The van der Waals surface area contributed by atoms with Crippen molar-refractivity contribution in [3.8, 4) is 0 Å². The Morgan fingerprint density at radius 3 is 0.739 bits per heavy atom. The molecule has 0 N–H and O–H groups in total. The van der Waals surface area contributed by atoms with Gasteiger partial charge in [0.2, 0.25) is 0 Å². The van der Waals surface area contributed by atoms with Crippen LogP contribution in [-0.2, 0) is 48.2 Å². The van der Waals surface area contributed by atoms with E-state index in [1.807, 2.05) is 0 Å². The fourth-order valence-electron chi connectivity index (χ4n) is 8.18. The number of aromatic nitrogens is 3. The van der Waals surface area contributed by atoms with Crippen LogP contribution in [-0.4, -0.2) is 51.4 Å². The van der Waals surface area contributed by atoms with E-state index in [4.69, 9.17) is 14.2 Å². The Balaban J connectivity index is 2.66. The minimum absolute atomic E-state index is 0.232. The van der Waals surface area contributed by atoms with Crippen LogP contribution in [0.4, 0.5) is 0 Å². The molecule has 1 heterocycles. The van der Waals surface area contributed by atoms with E-state index >= 15 is 0 Å². The van der Waals surface area contributed by atoms with Crippen LogP contribution in [0.3, 0.4) is 0 Å². The number of hydrogen-bond donors (Lipinski definition) is 0. The Labute approximate surface area is 418 Å². The van der Waals surface area contributed by atoms with Crippen molar-refractivity contribution >= 4 is 17.9 Å². The Hall–Kier alpha value is -3.96. The quantitative estimate of drug-likeness (QED) is 0.0270. The van der Waals surface area contributed by atoms with Gasteiger partial charge in [0.1, 0.15) is 19.8 Å². The molecule has 1 aromatic heterocycles. The lowest BCUT2D eigenvalue weighted by atomic mass is 10.1. The lowest BCUT2D eigenvalue weighted by Crippen LogP contribution is -2.55. The predicted octanol–water partition coefficient (Wildman–Crippen LogP) is 13.6. The van der Waals surface area contributed by atoms with E-state index in [0.717, 1.165) is 110 Å². The van der Waals surface area contributed by atoms with Gasteiger partial charge in [0.05, 0.1) is 19.6 Å². The summed E-state index contributed by atoms with van der Waals surface area (Å²) in [6.07, 6.45) is 51.1. The summed E-state index contributed by atoms with van der Waals surface area (Å²) < 4.78 is 18.8. The molecule has 0 aromatic carbocycles. The third kappa shape index (κ3) is 35.7. The topological polar surface area (TPSA) is 145 Å². The maximum atomic E-state index is 13.5. The van der Waals surface area contributed by atoms with Gasteiger partial charge in [-0.3, -0.25) is 14.4 Å². The van der Waals surface area contributed by atoms with Crippen LogP contribution in [0.5, 0.6) is 0 Å². The summed E-state index contributed by atoms with van der Waals surface area (Å²) in [5.41, 5.74) is -2.67. The van der Waals surface area contributed by atoms with E-state index in [0.29, 0.717) is 19.3 Å². The summed E-state index contributed by atoms with van der Waals surface area (Å²) in [6.45, 7) is 5.19. The zero-order valence-corrected chi connectivity index (χ0v) is 44.2. The first-order valence-corrected chi connectivity index (χ1v) is 28.1. The fraction of sp³-hybridized carbons (Fsp3) is 0.789. The average molecular weight is 970 g/mol. The molecule has 1 rings (SSSR count). The van der Waals surface area contributed by atoms with Crippen molar-refractivity contribution < 1.29 is 28.6 Å². The van der Waals surface area contributed by atoms with Gasteiger partial charge >= 0.3 is 35.0 Å². The van der Waals surface area contributed by atoms with E-state index in [-0.39, 0.29) is 58.7 Å². The van der Waals surface area contributed by atoms with Crippen LogP contribution in [0, 0.1) is 0 Å². The smallest absolute Gasteiger partial charge is 0.336 e. The molecular formula is C57H99N3O9. The highest BCUT2D eigenvalue weighted by Gasteiger charge is 2.17. The monoisotopic (exact) mass is 970 g/mol. The maximum Gasteiger partial charge on any atom is 0.336 e. The molecule has 0 fully saturated rings. The molecule has 0 aliphatic rings. The van der Waals surface area contributed by atoms with Crippen LogP contribution in [0.15, 0.2) is 50.8 Å². The first kappa shape index (κ1) is 63.1. The van der Waals surface area contributed by atoms with Gasteiger partial charge in [-0.15, -0.1) is 0 Å². The number of carbonyl (C=O) groups excluding carboxylic acids is 3. The molecule has 0 bridgehead atoms. The zero-order valence-electron chi connectivity index (χ0n) is 44.2. The molecule has 0 aliphatic carbocycles. The molecule has 69 heavy (non-hydrogen) atoms. The summed E-state index contributed by atoms with van der Waals surface area (Å²) in [5, 5.41) is 0. The Morgan fingerprint density at radius 2 is 0.522 bits per heavy atom. The molecule has 0 atom stereocenters.